The van der Waals surface area contributed by atoms with Crippen LogP contribution in [0, 0.1) is 6.92 Å². The van der Waals surface area contributed by atoms with Gasteiger partial charge in [0, 0.05) is 13.1 Å². The van der Waals surface area contributed by atoms with Crippen LogP contribution in [-0.4, -0.2) is 75.0 Å². The van der Waals surface area contributed by atoms with E-state index < -0.39 is 0 Å². The van der Waals surface area contributed by atoms with Crippen molar-refractivity contribution in [3.63, 3.8) is 0 Å². The summed E-state index contributed by atoms with van der Waals surface area (Å²) < 4.78 is 5.26. The van der Waals surface area contributed by atoms with Gasteiger partial charge in [0.1, 0.15) is 5.76 Å². The maximum Gasteiger partial charge on any atom is 0.257 e. The second-order valence-electron chi connectivity index (χ2n) is 6.00. The number of carbonyl (C=O) groups is 1. The van der Waals surface area contributed by atoms with E-state index in [-0.39, 0.29) is 5.91 Å². The second-order valence-corrected chi connectivity index (χ2v) is 6.00. The first-order valence-electron chi connectivity index (χ1n) is 7.54. The molecule has 0 aromatic carbocycles. The van der Waals surface area contributed by atoms with Crippen LogP contribution in [0.3, 0.4) is 0 Å². The Bertz CT molecular complexity index is 413. The first-order valence-corrected chi connectivity index (χ1v) is 7.54. The summed E-state index contributed by atoms with van der Waals surface area (Å²) in [4.78, 5) is 18.9. The monoisotopic (exact) mass is 295 g/mol. The molecule has 0 saturated heterocycles. The molecule has 0 radical (unpaired) electrons. The van der Waals surface area contributed by atoms with E-state index in [9.17, 15) is 4.79 Å². The Morgan fingerprint density at radius 3 is 1.90 bits per heavy atom. The number of nitrogens with zero attached hydrogens (tertiary/aromatic N) is 3. The molecule has 0 saturated carbocycles. The maximum atomic E-state index is 12.6. The van der Waals surface area contributed by atoms with Crippen molar-refractivity contribution in [1.29, 1.82) is 0 Å². The van der Waals surface area contributed by atoms with Gasteiger partial charge in [0.2, 0.25) is 0 Å². The van der Waals surface area contributed by atoms with E-state index in [0.29, 0.717) is 11.3 Å². The number of rotatable bonds is 9. The van der Waals surface area contributed by atoms with Gasteiger partial charge >= 0.3 is 0 Å². The summed E-state index contributed by atoms with van der Waals surface area (Å²) in [7, 11) is 8.22. The average molecular weight is 295 g/mol. The zero-order valence-corrected chi connectivity index (χ0v) is 14.1. The Kier molecular flexibility index (Phi) is 7.47. The molecule has 1 aromatic rings. The summed E-state index contributed by atoms with van der Waals surface area (Å²) in [5.74, 6) is 0.781. The van der Waals surface area contributed by atoms with E-state index in [2.05, 4.69) is 38.0 Å². The largest absolute Gasteiger partial charge is 0.469 e. The zero-order valence-electron chi connectivity index (χ0n) is 14.1. The van der Waals surface area contributed by atoms with Crippen molar-refractivity contribution in [2.75, 3.05) is 54.4 Å². The lowest BCUT2D eigenvalue weighted by Crippen LogP contribution is -2.35. The third kappa shape index (κ3) is 6.31. The van der Waals surface area contributed by atoms with Crippen LogP contribution < -0.4 is 0 Å². The number of hydrogen-bond donors (Lipinski definition) is 0. The number of carbonyl (C=O) groups excluding carboxylic acids is 1. The molecule has 1 aromatic heterocycles. The van der Waals surface area contributed by atoms with E-state index in [1.54, 1.807) is 12.3 Å². The molecule has 5 nitrogen and oxygen atoms in total. The third-order valence-corrected chi connectivity index (χ3v) is 3.44. The van der Waals surface area contributed by atoms with Crippen molar-refractivity contribution < 1.29 is 9.21 Å². The normalized spacial score (nSPS) is 11.4. The lowest BCUT2D eigenvalue weighted by Gasteiger charge is -2.24. The molecule has 0 N–H and O–H groups in total. The summed E-state index contributed by atoms with van der Waals surface area (Å²) >= 11 is 0. The van der Waals surface area contributed by atoms with E-state index in [1.165, 1.54) is 0 Å². The van der Waals surface area contributed by atoms with Gasteiger partial charge in [0.15, 0.2) is 0 Å². The predicted molar refractivity (Wildman–Crippen MR) is 85.7 cm³/mol. The molecule has 5 heteroatoms. The Morgan fingerprint density at radius 1 is 1.00 bits per heavy atom. The molecule has 0 aliphatic heterocycles. The second kappa shape index (κ2) is 8.85. The number of aryl methyl sites for hydroxylation is 1. The smallest absolute Gasteiger partial charge is 0.257 e. The van der Waals surface area contributed by atoms with Gasteiger partial charge in [-0.2, -0.15) is 0 Å². The molecule has 0 aliphatic carbocycles. The van der Waals surface area contributed by atoms with Gasteiger partial charge in [0.25, 0.3) is 5.91 Å². The molecule has 1 heterocycles. The van der Waals surface area contributed by atoms with Gasteiger partial charge in [-0.05, 0) is 67.1 Å². The van der Waals surface area contributed by atoms with Crippen molar-refractivity contribution in [1.82, 2.24) is 14.7 Å². The molecule has 0 aliphatic rings. The quantitative estimate of drug-likeness (QED) is 0.698. The van der Waals surface area contributed by atoms with Gasteiger partial charge in [-0.1, -0.05) is 0 Å². The molecule has 1 rings (SSSR count). The zero-order chi connectivity index (χ0) is 15.8. The van der Waals surface area contributed by atoms with Crippen molar-refractivity contribution in [2.24, 2.45) is 0 Å². The van der Waals surface area contributed by atoms with Crippen LogP contribution in [0.2, 0.25) is 0 Å². The molecule has 120 valence electrons. The minimum absolute atomic E-state index is 0.0822. The minimum atomic E-state index is 0.0822. The lowest BCUT2D eigenvalue weighted by molar-refractivity contribution is 0.0743. The van der Waals surface area contributed by atoms with E-state index in [0.717, 1.165) is 39.0 Å². The highest BCUT2D eigenvalue weighted by atomic mass is 16.3. The first kappa shape index (κ1) is 17.7. The molecule has 0 unspecified atom stereocenters. The fraction of sp³-hybridized carbons (Fsp3) is 0.688. The van der Waals surface area contributed by atoms with Gasteiger partial charge in [-0.25, -0.2) is 0 Å². The van der Waals surface area contributed by atoms with Gasteiger partial charge in [0.05, 0.1) is 11.8 Å². The molecule has 21 heavy (non-hydrogen) atoms. The van der Waals surface area contributed by atoms with E-state index in [1.807, 2.05) is 11.8 Å². The lowest BCUT2D eigenvalue weighted by atomic mass is 10.2. The number of hydrogen-bond acceptors (Lipinski definition) is 4. The fourth-order valence-electron chi connectivity index (χ4n) is 2.25. The molecule has 0 spiro atoms. The highest BCUT2D eigenvalue weighted by molar-refractivity contribution is 5.95. The summed E-state index contributed by atoms with van der Waals surface area (Å²) in [6, 6.07) is 1.77. The van der Waals surface area contributed by atoms with Crippen LogP contribution in [0.5, 0.6) is 0 Å². The molecule has 0 bridgehead atoms. The standard InChI is InChI=1S/C16H29N3O2/c1-14-15(8-13-21-14)16(20)19(11-6-9-17(2)3)12-7-10-18(4)5/h8,13H,6-7,9-12H2,1-5H3. The Labute approximate surface area is 128 Å². The van der Waals surface area contributed by atoms with Crippen LogP contribution in [0.25, 0.3) is 0 Å². The average Bonchev–Trinajstić information content (AvgIpc) is 2.81. The van der Waals surface area contributed by atoms with Crippen LogP contribution in [0.4, 0.5) is 0 Å². The summed E-state index contributed by atoms with van der Waals surface area (Å²) in [6.07, 6.45) is 3.55. The molecular weight excluding hydrogens is 266 g/mol. The fourth-order valence-corrected chi connectivity index (χ4v) is 2.25. The maximum absolute atomic E-state index is 12.6. The van der Waals surface area contributed by atoms with Crippen LogP contribution in [0.1, 0.15) is 29.0 Å². The first-order chi connectivity index (χ1) is 9.91. The Balaban J connectivity index is 2.61. The summed E-state index contributed by atoms with van der Waals surface area (Å²) in [5, 5.41) is 0. The topological polar surface area (TPSA) is 39.9 Å². The van der Waals surface area contributed by atoms with E-state index >= 15 is 0 Å². The van der Waals surface area contributed by atoms with Crippen molar-refractivity contribution in [2.45, 2.75) is 19.8 Å². The predicted octanol–water partition coefficient (Wildman–Crippen LogP) is 1.93. The highest BCUT2D eigenvalue weighted by Crippen LogP contribution is 2.13. The van der Waals surface area contributed by atoms with Crippen molar-refractivity contribution >= 4 is 5.91 Å². The van der Waals surface area contributed by atoms with Crippen molar-refractivity contribution in [3.05, 3.63) is 23.7 Å². The van der Waals surface area contributed by atoms with Gasteiger partial charge in [-0.3, -0.25) is 4.79 Å². The van der Waals surface area contributed by atoms with Crippen LogP contribution >= 0.6 is 0 Å². The molecule has 0 atom stereocenters. The van der Waals surface area contributed by atoms with Gasteiger partial charge in [-0.15, -0.1) is 0 Å². The van der Waals surface area contributed by atoms with Crippen LogP contribution in [-0.2, 0) is 0 Å². The van der Waals surface area contributed by atoms with E-state index in [4.69, 9.17) is 4.42 Å². The Hall–Kier alpha value is -1.33. The van der Waals surface area contributed by atoms with Crippen molar-refractivity contribution in [3.8, 4) is 0 Å². The molecule has 1 amide bonds. The van der Waals surface area contributed by atoms with Crippen LogP contribution in [0.15, 0.2) is 16.7 Å². The third-order valence-electron chi connectivity index (χ3n) is 3.44. The highest BCUT2D eigenvalue weighted by Gasteiger charge is 2.18. The van der Waals surface area contributed by atoms with Gasteiger partial charge < -0.3 is 19.1 Å². The summed E-state index contributed by atoms with van der Waals surface area (Å²) in [6.45, 7) is 5.39. The SMILES string of the molecule is Cc1occc1C(=O)N(CCCN(C)C)CCCN(C)C. The minimum Gasteiger partial charge on any atom is -0.469 e. The number of furan rings is 1. The Morgan fingerprint density at radius 2 is 1.52 bits per heavy atom. The number of amides is 1. The molecule has 0 fully saturated rings. The molecular formula is C16H29N3O2. The summed E-state index contributed by atoms with van der Waals surface area (Å²) in [5.41, 5.74) is 0.685.